The lowest BCUT2D eigenvalue weighted by molar-refractivity contribution is -0.141. The Bertz CT molecular complexity index is 1110. The van der Waals surface area contributed by atoms with Gasteiger partial charge in [0.15, 0.2) is 0 Å². The normalized spacial score (nSPS) is 20.8. The maximum Gasteiger partial charge on any atom is 0.295 e. The summed E-state index contributed by atoms with van der Waals surface area (Å²) in [6, 6.07) is 11.1. The molecule has 0 aromatic heterocycles. The Kier molecular flexibility index (Phi) is 6.96. The van der Waals surface area contributed by atoms with Crippen LogP contribution in [-0.2, 0) is 9.59 Å². The Morgan fingerprint density at radius 2 is 1.82 bits per heavy atom. The number of rotatable bonds is 6. The van der Waals surface area contributed by atoms with Crippen molar-refractivity contribution in [3.05, 3.63) is 64.7 Å². The molecule has 0 radical (unpaired) electrons. The van der Waals surface area contributed by atoms with Crippen molar-refractivity contribution >= 4 is 17.4 Å². The van der Waals surface area contributed by atoms with E-state index in [9.17, 15) is 19.8 Å². The molecule has 6 heteroatoms. The van der Waals surface area contributed by atoms with E-state index in [1.54, 1.807) is 41.3 Å². The largest absolute Gasteiger partial charge is 0.508 e. The van der Waals surface area contributed by atoms with Crippen molar-refractivity contribution in [1.29, 1.82) is 0 Å². The third-order valence-electron chi connectivity index (χ3n) is 6.84. The highest BCUT2D eigenvalue weighted by atomic mass is 16.5. The molecular weight excluding hydrogens is 430 g/mol. The number of likely N-dealkylation sites (tertiary alicyclic amines) is 1. The van der Waals surface area contributed by atoms with Gasteiger partial charge in [-0.2, -0.15) is 0 Å². The number of nitrogens with zero attached hydrogens (tertiary/aromatic N) is 1. The molecule has 1 unspecified atom stereocenters. The van der Waals surface area contributed by atoms with E-state index in [4.69, 9.17) is 4.74 Å². The number of hydrogen-bond acceptors (Lipinski definition) is 5. The molecule has 1 amide bonds. The van der Waals surface area contributed by atoms with E-state index < -0.39 is 17.7 Å². The lowest BCUT2D eigenvalue weighted by atomic mass is 9.90. The fraction of sp³-hybridized carbons (Fsp3) is 0.429. The second-order valence-corrected chi connectivity index (χ2v) is 9.43. The summed E-state index contributed by atoms with van der Waals surface area (Å²) in [5.41, 5.74) is 2.07. The van der Waals surface area contributed by atoms with Gasteiger partial charge in [0.2, 0.25) is 0 Å². The van der Waals surface area contributed by atoms with Crippen molar-refractivity contribution < 1.29 is 24.5 Å². The second kappa shape index (κ2) is 9.92. The highest BCUT2D eigenvalue weighted by Crippen LogP contribution is 2.44. The van der Waals surface area contributed by atoms with E-state index in [0.29, 0.717) is 17.7 Å². The number of aliphatic hydroxyl groups excluding tert-OH is 1. The highest BCUT2D eigenvalue weighted by molar-refractivity contribution is 6.46. The summed E-state index contributed by atoms with van der Waals surface area (Å²) in [6.07, 6.45) is 4.75. The quantitative estimate of drug-likeness (QED) is 0.327. The van der Waals surface area contributed by atoms with Crippen molar-refractivity contribution in [2.45, 2.75) is 70.9 Å². The number of phenolic OH excluding ortho intramolecular Hbond substituents is 1. The number of aromatic hydroxyl groups is 1. The maximum atomic E-state index is 13.3. The van der Waals surface area contributed by atoms with E-state index in [1.165, 1.54) is 0 Å². The molecule has 6 nitrogen and oxygen atoms in total. The second-order valence-electron chi connectivity index (χ2n) is 9.43. The topological polar surface area (TPSA) is 87.1 Å². The minimum Gasteiger partial charge on any atom is -0.508 e. The number of ether oxygens (including phenoxy) is 1. The van der Waals surface area contributed by atoms with Crippen LogP contribution in [0.5, 0.6) is 11.5 Å². The van der Waals surface area contributed by atoms with Crippen LogP contribution < -0.4 is 4.74 Å². The number of amides is 1. The van der Waals surface area contributed by atoms with Crippen LogP contribution in [0.25, 0.3) is 5.76 Å². The summed E-state index contributed by atoms with van der Waals surface area (Å²) in [5.74, 6) is -0.542. The van der Waals surface area contributed by atoms with Gasteiger partial charge in [0.05, 0.1) is 18.2 Å². The molecule has 1 saturated heterocycles. The monoisotopic (exact) mass is 463 g/mol. The zero-order valence-corrected chi connectivity index (χ0v) is 20.1. The fourth-order valence-electron chi connectivity index (χ4n) is 5.20. The van der Waals surface area contributed by atoms with Crippen molar-refractivity contribution in [3.63, 3.8) is 0 Å². The zero-order valence-electron chi connectivity index (χ0n) is 20.1. The Labute approximate surface area is 200 Å². The van der Waals surface area contributed by atoms with Gasteiger partial charge >= 0.3 is 0 Å². The first-order chi connectivity index (χ1) is 16.3. The number of hydrogen-bond donors (Lipinski definition) is 2. The van der Waals surface area contributed by atoms with E-state index in [-0.39, 0.29) is 29.0 Å². The number of phenols is 1. The predicted octanol–water partition coefficient (Wildman–Crippen LogP) is 5.67. The van der Waals surface area contributed by atoms with E-state index in [0.717, 1.165) is 43.4 Å². The summed E-state index contributed by atoms with van der Waals surface area (Å²) in [5, 5.41) is 21.6. The van der Waals surface area contributed by atoms with Gasteiger partial charge in [-0.1, -0.05) is 45.2 Å². The van der Waals surface area contributed by atoms with Gasteiger partial charge in [-0.05, 0) is 67.1 Å². The number of benzene rings is 2. The first kappa shape index (κ1) is 23.9. The van der Waals surface area contributed by atoms with Crippen LogP contribution >= 0.6 is 0 Å². The van der Waals surface area contributed by atoms with Gasteiger partial charge in [0.1, 0.15) is 17.3 Å². The number of carbonyl (C=O) groups excluding carboxylic acids is 2. The van der Waals surface area contributed by atoms with Crippen LogP contribution in [-0.4, -0.2) is 39.5 Å². The Morgan fingerprint density at radius 3 is 2.47 bits per heavy atom. The van der Waals surface area contributed by atoms with Gasteiger partial charge in [-0.25, -0.2) is 0 Å². The minimum absolute atomic E-state index is 0.0508. The van der Waals surface area contributed by atoms with Crippen molar-refractivity contribution in [1.82, 2.24) is 4.90 Å². The molecule has 34 heavy (non-hydrogen) atoms. The molecule has 2 aromatic carbocycles. The summed E-state index contributed by atoms with van der Waals surface area (Å²) in [4.78, 5) is 28.3. The van der Waals surface area contributed by atoms with Gasteiger partial charge in [-0.15, -0.1) is 0 Å². The first-order valence-electron chi connectivity index (χ1n) is 12.2. The number of ketones is 1. The highest BCUT2D eigenvalue weighted by Gasteiger charge is 2.49. The molecule has 180 valence electrons. The van der Waals surface area contributed by atoms with Crippen LogP contribution in [0.3, 0.4) is 0 Å². The summed E-state index contributed by atoms with van der Waals surface area (Å²) in [7, 11) is 0. The smallest absolute Gasteiger partial charge is 0.295 e. The molecule has 4 rings (SSSR count). The third kappa shape index (κ3) is 4.41. The van der Waals surface area contributed by atoms with Gasteiger partial charge in [0.25, 0.3) is 11.7 Å². The van der Waals surface area contributed by atoms with Crippen LogP contribution in [0.15, 0.2) is 48.0 Å². The lowest BCUT2D eigenvalue weighted by Gasteiger charge is -2.35. The van der Waals surface area contributed by atoms with Gasteiger partial charge in [-0.3, -0.25) is 9.59 Å². The molecule has 1 heterocycles. The van der Waals surface area contributed by atoms with Crippen LogP contribution in [0.2, 0.25) is 0 Å². The van der Waals surface area contributed by atoms with Crippen LogP contribution in [0, 0.1) is 0 Å². The molecule has 1 aliphatic heterocycles. The molecule has 1 atom stereocenters. The molecule has 1 aliphatic carbocycles. The Balaban J connectivity index is 1.87. The van der Waals surface area contributed by atoms with Crippen molar-refractivity contribution in [3.8, 4) is 11.5 Å². The average molecular weight is 464 g/mol. The van der Waals surface area contributed by atoms with Crippen LogP contribution in [0.4, 0.5) is 0 Å². The minimum atomic E-state index is -0.746. The summed E-state index contributed by atoms with van der Waals surface area (Å²) in [6.45, 7) is 6.52. The zero-order chi connectivity index (χ0) is 24.4. The number of aliphatic hydroxyl groups is 1. The van der Waals surface area contributed by atoms with Crippen LogP contribution in [0.1, 0.15) is 81.5 Å². The number of carbonyl (C=O) groups is 2. The molecule has 0 bridgehead atoms. The summed E-state index contributed by atoms with van der Waals surface area (Å²) < 4.78 is 5.74. The van der Waals surface area contributed by atoms with E-state index in [1.807, 2.05) is 26.8 Å². The molecular formula is C28H33NO5. The van der Waals surface area contributed by atoms with Gasteiger partial charge in [0, 0.05) is 11.6 Å². The molecule has 2 aliphatic rings. The van der Waals surface area contributed by atoms with Gasteiger partial charge < -0.3 is 19.8 Å². The lowest BCUT2D eigenvalue weighted by Crippen LogP contribution is -2.40. The van der Waals surface area contributed by atoms with Crippen molar-refractivity contribution in [2.75, 3.05) is 6.61 Å². The molecule has 2 N–H and O–H groups in total. The summed E-state index contributed by atoms with van der Waals surface area (Å²) >= 11 is 0. The Hall–Kier alpha value is -3.28. The third-order valence-corrected chi connectivity index (χ3v) is 6.84. The maximum absolute atomic E-state index is 13.3. The fourth-order valence-corrected chi connectivity index (χ4v) is 5.20. The molecule has 2 aromatic rings. The predicted molar refractivity (Wildman–Crippen MR) is 131 cm³/mol. The molecule has 1 saturated carbocycles. The first-order valence-corrected chi connectivity index (χ1v) is 12.2. The molecule has 0 spiro atoms. The van der Waals surface area contributed by atoms with E-state index in [2.05, 4.69) is 0 Å². The van der Waals surface area contributed by atoms with E-state index >= 15 is 0 Å². The van der Waals surface area contributed by atoms with Crippen molar-refractivity contribution in [2.24, 2.45) is 0 Å². The average Bonchev–Trinajstić information content (AvgIpc) is 3.10. The Morgan fingerprint density at radius 1 is 1.09 bits per heavy atom. The standard InChI is InChI=1S/C28H33NO5/c1-4-34-23-14-13-19(16-22(23)17(2)3)26(31)24-25(18-9-8-12-21(30)15-18)29(28(33)27(24)32)20-10-6-5-7-11-20/h8-9,12-17,20,25,30-31H,4-7,10-11H2,1-3H3/b26-24-. The SMILES string of the molecule is CCOc1ccc(/C(O)=C2/C(=O)C(=O)N(C3CCCCC3)C2c2cccc(O)c2)cc1C(C)C. The molecule has 2 fully saturated rings. The number of Topliss-reactive ketones (excluding diaryl/α,β-unsaturated/α-hetero) is 1.